The van der Waals surface area contributed by atoms with Gasteiger partial charge in [0, 0.05) is 6.20 Å². The number of aromatic amines is 1. The van der Waals surface area contributed by atoms with E-state index in [0.717, 1.165) is 17.7 Å². The fraction of sp³-hybridized carbons (Fsp3) is 0.158. The second-order valence-electron chi connectivity index (χ2n) is 6.01. The van der Waals surface area contributed by atoms with E-state index >= 15 is 0 Å². The van der Waals surface area contributed by atoms with Crippen LogP contribution in [0.5, 0.6) is 5.75 Å². The number of fused-ring (bicyclic) bond motifs is 1. The number of amides is 1. The van der Waals surface area contributed by atoms with Gasteiger partial charge in [0.25, 0.3) is 11.7 Å². The van der Waals surface area contributed by atoms with Crippen molar-refractivity contribution in [2.24, 2.45) is 5.73 Å². The number of aryl methyl sites for hydroxylation is 1. The molecule has 0 radical (unpaired) electrons. The van der Waals surface area contributed by atoms with Gasteiger partial charge >= 0.3 is 6.18 Å². The van der Waals surface area contributed by atoms with Crippen LogP contribution in [-0.2, 0) is 17.6 Å². The van der Waals surface area contributed by atoms with Crippen LogP contribution in [0, 0.1) is 6.92 Å². The monoisotopic (exact) mass is 376 g/mol. The first-order chi connectivity index (χ1) is 12.7. The molecule has 1 heterocycles. The summed E-state index contributed by atoms with van der Waals surface area (Å²) in [5.41, 5.74) is 6.39. The van der Waals surface area contributed by atoms with Crippen LogP contribution in [0.2, 0.25) is 0 Å². The summed E-state index contributed by atoms with van der Waals surface area (Å²) in [5.74, 6) is -1.63. The number of nitrogens with one attached hydrogen (secondary N) is 1. The highest BCUT2D eigenvalue weighted by Crippen LogP contribution is 2.33. The molecule has 27 heavy (non-hydrogen) atoms. The molecule has 3 N–H and O–H groups in total. The fourth-order valence-corrected chi connectivity index (χ4v) is 2.74. The maximum absolute atomic E-state index is 12.6. The molecule has 5 nitrogen and oxygen atoms in total. The van der Waals surface area contributed by atoms with Crippen molar-refractivity contribution in [3.05, 3.63) is 64.8 Å². The van der Waals surface area contributed by atoms with Gasteiger partial charge in [-0.25, -0.2) is 0 Å². The molecule has 3 aromatic rings. The number of halogens is 3. The molecule has 0 saturated carbocycles. The Morgan fingerprint density at radius 2 is 1.78 bits per heavy atom. The lowest BCUT2D eigenvalue weighted by molar-refractivity contribution is -0.137. The Labute approximate surface area is 151 Å². The zero-order valence-corrected chi connectivity index (χ0v) is 14.2. The molecule has 0 saturated heterocycles. The van der Waals surface area contributed by atoms with Crippen LogP contribution in [0.4, 0.5) is 13.2 Å². The number of Topliss-reactive ketones (excluding diaryl/α,β-unsaturated/α-hetero) is 1. The van der Waals surface area contributed by atoms with Gasteiger partial charge in [-0.2, -0.15) is 13.2 Å². The maximum Gasteiger partial charge on any atom is 0.416 e. The minimum absolute atomic E-state index is 0.00825. The van der Waals surface area contributed by atoms with Crippen molar-refractivity contribution in [1.29, 1.82) is 0 Å². The minimum Gasteiger partial charge on any atom is -0.488 e. The van der Waals surface area contributed by atoms with E-state index in [9.17, 15) is 22.8 Å². The number of carbonyl (C=O) groups excluding carboxylic acids is 2. The summed E-state index contributed by atoms with van der Waals surface area (Å²) in [5, 5.41) is 0.408. The molecule has 0 spiro atoms. The summed E-state index contributed by atoms with van der Waals surface area (Å²) in [7, 11) is 0. The SMILES string of the molecule is Cc1ccc(OCc2ccc(C(F)(F)F)cc2)c2c(C(=O)C(N)=O)c[nH]c12. The molecular weight excluding hydrogens is 361 g/mol. The third kappa shape index (κ3) is 3.64. The molecule has 0 atom stereocenters. The first-order valence-electron chi connectivity index (χ1n) is 7.92. The van der Waals surface area contributed by atoms with E-state index in [2.05, 4.69) is 4.98 Å². The molecule has 1 amide bonds. The summed E-state index contributed by atoms with van der Waals surface area (Å²) in [6, 6.07) is 7.98. The highest BCUT2D eigenvalue weighted by molar-refractivity contribution is 6.44. The Hall–Kier alpha value is -3.29. The number of primary amides is 1. The standard InChI is InChI=1S/C19H15F3N2O3/c1-10-2-7-14(15-13(8-24-16(10)15)17(25)18(23)26)27-9-11-3-5-12(6-4-11)19(20,21)22/h2-8,24H,9H2,1H3,(H2,23,26). The number of H-pyrrole nitrogens is 1. The topological polar surface area (TPSA) is 85.2 Å². The lowest BCUT2D eigenvalue weighted by atomic mass is 10.1. The smallest absolute Gasteiger partial charge is 0.416 e. The average molecular weight is 376 g/mol. The maximum atomic E-state index is 12.6. The summed E-state index contributed by atoms with van der Waals surface area (Å²) in [6.45, 7) is 1.81. The molecule has 0 aliphatic carbocycles. The van der Waals surface area contributed by atoms with Gasteiger partial charge in [0.1, 0.15) is 12.4 Å². The third-order valence-electron chi connectivity index (χ3n) is 4.15. The summed E-state index contributed by atoms with van der Waals surface area (Å²) >= 11 is 0. The van der Waals surface area contributed by atoms with Gasteiger partial charge in [-0.1, -0.05) is 18.2 Å². The van der Waals surface area contributed by atoms with E-state index in [-0.39, 0.29) is 12.2 Å². The molecule has 8 heteroatoms. The van der Waals surface area contributed by atoms with Crippen molar-refractivity contribution in [3.8, 4) is 5.75 Å². The second-order valence-corrected chi connectivity index (χ2v) is 6.01. The van der Waals surface area contributed by atoms with Crippen molar-refractivity contribution < 1.29 is 27.5 Å². The first-order valence-corrected chi connectivity index (χ1v) is 7.92. The normalized spacial score (nSPS) is 11.6. The van der Waals surface area contributed by atoms with Crippen LogP contribution in [0.15, 0.2) is 42.6 Å². The number of hydrogen-bond acceptors (Lipinski definition) is 3. The van der Waals surface area contributed by atoms with Gasteiger partial charge < -0.3 is 15.5 Å². The molecule has 2 aromatic carbocycles. The molecule has 0 bridgehead atoms. The molecule has 0 aliphatic rings. The van der Waals surface area contributed by atoms with Gasteiger partial charge in [0.2, 0.25) is 0 Å². The number of nitrogens with two attached hydrogens (primary N) is 1. The van der Waals surface area contributed by atoms with Crippen molar-refractivity contribution in [1.82, 2.24) is 4.98 Å². The van der Waals surface area contributed by atoms with Crippen molar-refractivity contribution in [2.45, 2.75) is 19.7 Å². The van der Waals surface area contributed by atoms with E-state index in [1.165, 1.54) is 18.3 Å². The third-order valence-corrected chi connectivity index (χ3v) is 4.15. The quantitative estimate of drug-likeness (QED) is 0.525. The van der Waals surface area contributed by atoms with Crippen molar-refractivity contribution in [2.75, 3.05) is 0 Å². The van der Waals surface area contributed by atoms with Crippen LogP contribution < -0.4 is 10.5 Å². The Kier molecular flexibility index (Phi) is 4.65. The molecule has 0 fully saturated rings. The van der Waals surface area contributed by atoms with E-state index in [1.807, 2.05) is 6.92 Å². The molecule has 1 aromatic heterocycles. The lowest BCUT2D eigenvalue weighted by Gasteiger charge is -2.11. The van der Waals surface area contributed by atoms with Gasteiger partial charge in [-0.3, -0.25) is 9.59 Å². The second kappa shape index (κ2) is 6.79. The minimum atomic E-state index is -4.41. The van der Waals surface area contributed by atoms with Crippen molar-refractivity contribution >= 4 is 22.6 Å². The predicted molar refractivity (Wildman–Crippen MR) is 92.3 cm³/mol. The Morgan fingerprint density at radius 3 is 2.37 bits per heavy atom. The van der Waals surface area contributed by atoms with Crippen molar-refractivity contribution in [3.63, 3.8) is 0 Å². The van der Waals surface area contributed by atoms with Gasteiger partial charge in [-0.15, -0.1) is 0 Å². The van der Waals surface area contributed by atoms with Gasteiger partial charge in [0.15, 0.2) is 0 Å². The zero-order chi connectivity index (χ0) is 19.8. The summed E-state index contributed by atoms with van der Waals surface area (Å²) < 4.78 is 43.6. The number of carbonyl (C=O) groups is 2. The molecule has 0 unspecified atom stereocenters. The summed E-state index contributed by atoms with van der Waals surface area (Å²) in [6.07, 6.45) is -3.02. The number of rotatable bonds is 5. The van der Waals surface area contributed by atoms with Gasteiger partial charge in [-0.05, 0) is 36.2 Å². The highest BCUT2D eigenvalue weighted by Gasteiger charge is 2.30. The van der Waals surface area contributed by atoms with Crippen LogP contribution in [0.25, 0.3) is 10.9 Å². The van der Waals surface area contributed by atoms with E-state index in [1.54, 1.807) is 12.1 Å². The Morgan fingerprint density at radius 1 is 1.11 bits per heavy atom. The van der Waals surface area contributed by atoms with Crippen LogP contribution >= 0.6 is 0 Å². The predicted octanol–water partition coefficient (Wildman–Crippen LogP) is 3.74. The Bertz CT molecular complexity index is 1020. The van der Waals surface area contributed by atoms with Crippen LogP contribution in [-0.4, -0.2) is 16.7 Å². The van der Waals surface area contributed by atoms with Crippen LogP contribution in [0.1, 0.15) is 27.0 Å². The number of ether oxygens (including phenoxy) is 1. The number of benzene rings is 2. The molecule has 3 rings (SSSR count). The first kappa shape index (κ1) is 18.5. The van der Waals surface area contributed by atoms with E-state index in [0.29, 0.717) is 22.2 Å². The van der Waals surface area contributed by atoms with E-state index < -0.39 is 23.4 Å². The summed E-state index contributed by atoms with van der Waals surface area (Å²) in [4.78, 5) is 26.2. The number of ketones is 1. The Balaban J connectivity index is 1.91. The highest BCUT2D eigenvalue weighted by atomic mass is 19.4. The zero-order valence-electron chi connectivity index (χ0n) is 14.2. The molecular formula is C19H15F3N2O3. The lowest BCUT2D eigenvalue weighted by Crippen LogP contribution is -2.22. The van der Waals surface area contributed by atoms with Gasteiger partial charge in [0.05, 0.1) is 22.0 Å². The fourth-order valence-electron chi connectivity index (χ4n) is 2.74. The van der Waals surface area contributed by atoms with Crippen LogP contribution in [0.3, 0.4) is 0 Å². The molecule has 0 aliphatic heterocycles. The molecule has 140 valence electrons. The number of aromatic nitrogens is 1. The average Bonchev–Trinajstić information content (AvgIpc) is 3.06. The number of hydrogen-bond donors (Lipinski definition) is 2. The van der Waals surface area contributed by atoms with E-state index in [4.69, 9.17) is 10.5 Å². The largest absolute Gasteiger partial charge is 0.488 e. The number of alkyl halides is 3.